The molecule has 8 heteroatoms. The van der Waals surface area contributed by atoms with E-state index in [1.165, 1.54) is 0 Å². The molecule has 0 fully saturated rings. The number of ether oxygens (including phenoxy) is 3. The minimum absolute atomic E-state index is 0.0337. The standard InChI is InChI=1S/C20H24BrCl2NO4/c1-2-27-19-9-15(12-24-5-7-26-8-6-25)17(21)11-20(19)28-13-14-3-4-16(22)10-18(14)23/h3-4,9-11,24-25H,2,5-8,12-13H2,1H3. The van der Waals surface area contributed by atoms with Crippen LogP contribution in [0.1, 0.15) is 18.1 Å². The van der Waals surface area contributed by atoms with E-state index in [0.29, 0.717) is 61.1 Å². The molecule has 154 valence electrons. The zero-order chi connectivity index (χ0) is 20.4. The second kappa shape index (κ2) is 12.5. The smallest absolute Gasteiger partial charge is 0.162 e. The first-order valence-electron chi connectivity index (χ1n) is 8.96. The summed E-state index contributed by atoms with van der Waals surface area (Å²) in [5.74, 6) is 1.30. The Morgan fingerprint density at radius 1 is 1.04 bits per heavy atom. The Labute approximate surface area is 184 Å². The van der Waals surface area contributed by atoms with Gasteiger partial charge in [0.25, 0.3) is 0 Å². The van der Waals surface area contributed by atoms with Crippen molar-refractivity contribution in [3.8, 4) is 11.5 Å². The largest absolute Gasteiger partial charge is 0.490 e. The number of hydrogen-bond donors (Lipinski definition) is 2. The van der Waals surface area contributed by atoms with Crippen molar-refractivity contribution in [2.75, 3.05) is 33.0 Å². The van der Waals surface area contributed by atoms with Gasteiger partial charge in [0.05, 0.1) is 26.4 Å². The molecule has 0 heterocycles. The van der Waals surface area contributed by atoms with Gasteiger partial charge in [-0.1, -0.05) is 45.2 Å². The highest BCUT2D eigenvalue weighted by Crippen LogP contribution is 2.35. The van der Waals surface area contributed by atoms with E-state index in [4.69, 9.17) is 42.5 Å². The molecule has 5 nitrogen and oxygen atoms in total. The summed E-state index contributed by atoms with van der Waals surface area (Å²) in [7, 11) is 0. The molecule has 0 aliphatic rings. The first kappa shape index (κ1) is 23.3. The number of halogens is 3. The predicted octanol–water partition coefficient (Wildman–Crippen LogP) is 4.83. The zero-order valence-electron chi connectivity index (χ0n) is 15.6. The molecule has 2 N–H and O–H groups in total. The third-order valence-corrected chi connectivity index (χ3v) is 5.11. The Bertz CT molecular complexity index is 761. The van der Waals surface area contributed by atoms with Gasteiger partial charge in [0.1, 0.15) is 6.61 Å². The van der Waals surface area contributed by atoms with Crippen LogP contribution in [0, 0.1) is 0 Å². The van der Waals surface area contributed by atoms with E-state index >= 15 is 0 Å². The summed E-state index contributed by atoms with van der Waals surface area (Å²) in [6.45, 7) is 5.02. The van der Waals surface area contributed by atoms with Gasteiger partial charge in [-0.25, -0.2) is 0 Å². The lowest BCUT2D eigenvalue weighted by molar-refractivity contribution is 0.0938. The SMILES string of the molecule is CCOc1cc(CNCCOCCO)c(Br)cc1OCc1ccc(Cl)cc1Cl. The van der Waals surface area contributed by atoms with Crippen LogP contribution in [0.15, 0.2) is 34.8 Å². The second-order valence-corrected chi connectivity index (χ2v) is 7.56. The molecule has 2 aromatic rings. The fourth-order valence-electron chi connectivity index (χ4n) is 2.42. The summed E-state index contributed by atoms with van der Waals surface area (Å²) in [6.07, 6.45) is 0. The molecule has 0 aliphatic heterocycles. The summed E-state index contributed by atoms with van der Waals surface area (Å²) >= 11 is 15.8. The van der Waals surface area contributed by atoms with E-state index < -0.39 is 0 Å². The molecule has 2 aromatic carbocycles. The van der Waals surface area contributed by atoms with Crippen LogP contribution >= 0.6 is 39.1 Å². The highest BCUT2D eigenvalue weighted by atomic mass is 79.9. The van der Waals surface area contributed by atoms with Crippen molar-refractivity contribution in [2.24, 2.45) is 0 Å². The third kappa shape index (κ3) is 7.43. The molecule has 0 aromatic heterocycles. The highest BCUT2D eigenvalue weighted by Gasteiger charge is 2.12. The number of hydrogen-bond acceptors (Lipinski definition) is 5. The molecule has 0 unspecified atom stereocenters. The van der Waals surface area contributed by atoms with Crippen LogP contribution in [0.4, 0.5) is 0 Å². The van der Waals surface area contributed by atoms with E-state index in [-0.39, 0.29) is 6.61 Å². The molecule has 0 radical (unpaired) electrons. The minimum Gasteiger partial charge on any atom is -0.490 e. The summed E-state index contributed by atoms with van der Waals surface area (Å²) < 4.78 is 17.9. The van der Waals surface area contributed by atoms with Gasteiger partial charge in [-0.3, -0.25) is 0 Å². The molecule has 2 rings (SSSR count). The van der Waals surface area contributed by atoms with Gasteiger partial charge in [0, 0.05) is 33.2 Å². The second-order valence-electron chi connectivity index (χ2n) is 5.86. The maximum absolute atomic E-state index is 8.70. The topological polar surface area (TPSA) is 60.0 Å². The highest BCUT2D eigenvalue weighted by molar-refractivity contribution is 9.10. The third-order valence-electron chi connectivity index (χ3n) is 3.79. The maximum atomic E-state index is 8.70. The summed E-state index contributed by atoms with van der Waals surface area (Å²) in [6, 6.07) is 9.17. The molecule has 0 atom stereocenters. The normalized spacial score (nSPS) is 10.9. The summed E-state index contributed by atoms with van der Waals surface area (Å²) in [5, 5.41) is 13.1. The number of aliphatic hydroxyl groups is 1. The summed E-state index contributed by atoms with van der Waals surface area (Å²) in [4.78, 5) is 0. The van der Waals surface area contributed by atoms with Crippen LogP contribution in [0.5, 0.6) is 11.5 Å². The van der Waals surface area contributed by atoms with Crippen LogP contribution < -0.4 is 14.8 Å². The van der Waals surface area contributed by atoms with Gasteiger partial charge >= 0.3 is 0 Å². The van der Waals surface area contributed by atoms with Crippen molar-refractivity contribution in [3.63, 3.8) is 0 Å². The first-order valence-corrected chi connectivity index (χ1v) is 10.5. The van der Waals surface area contributed by atoms with Gasteiger partial charge in [0.15, 0.2) is 11.5 Å². The summed E-state index contributed by atoms with van der Waals surface area (Å²) in [5.41, 5.74) is 1.89. The van der Waals surface area contributed by atoms with E-state index in [9.17, 15) is 0 Å². The van der Waals surface area contributed by atoms with Crippen molar-refractivity contribution in [1.82, 2.24) is 5.32 Å². The Balaban J connectivity index is 2.02. The average molecular weight is 493 g/mol. The lowest BCUT2D eigenvalue weighted by atomic mass is 10.2. The van der Waals surface area contributed by atoms with Crippen LogP contribution in [0.2, 0.25) is 10.0 Å². The van der Waals surface area contributed by atoms with Gasteiger partial charge in [-0.15, -0.1) is 0 Å². The van der Waals surface area contributed by atoms with Crippen molar-refractivity contribution < 1.29 is 19.3 Å². The first-order chi connectivity index (χ1) is 13.5. The quantitative estimate of drug-likeness (QED) is 0.415. The molecule has 0 saturated heterocycles. The Hall–Kier alpha value is -1.02. The Morgan fingerprint density at radius 3 is 2.54 bits per heavy atom. The number of benzene rings is 2. The molecule has 0 saturated carbocycles. The van der Waals surface area contributed by atoms with Gasteiger partial charge in [-0.05, 0) is 36.8 Å². The molecule has 28 heavy (non-hydrogen) atoms. The Morgan fingerprint density at radius 2 is 1.82 bits per heavy atom. The fourth-order valence-corrected chi connectivity index (χ4v) is 3.35. The van der Waals surface area contributed by atoms with Crippen LogP contribution in [-0.4, -0.2) is 38.1 Å². The van der Waals surface area contributed by atoms with Gasteiger partial charge in [0.2, 0.25) is 0 Å². The Kier molecular flexibility index (Phi) is 10.4. The van der Waals surface area contributed by atoms with Gasteiger partial charge < -0.3 is 24.6 Å². The van der Waals surface area contributed by atoms with Crippen LogP contribution in [0.25, 0.3) is 0 Å². The molecule has 0 bridgehead atoms. The van der Waals surface area contributed by atoms with Crippen molar-refractivity contribution in [1.29, 1.82) is 0 Å². The molecule has 0 amide bonds. The molecular formula is C20H24BrCl2NO4. The number of aliphatic hydroxyl groups excluding tert-OH is 1. The average Bonchev–Trinajstić information content (AvgIpc) is 2.66. The van der Waals surface area contributed by atoms with Crippen molar-refractivity contribution >= 4 is 39.1 Å². The van der Waals surface area contributed by atoms with E-state index in [2.05, 4.69) is 21.2 Å². The van der Waals surface area contributed by atoms with E-state index in [1.54, 1.807) is 12.1 Å². The predicted molar refractivity (Wildman–Crippen MR) is 116 cm³/mol. The molecule has 0 spiro atoms. The van der Waals surface area contributed by atoms with Gasteiger partial charge in [-0.2, -0.15) is 0 Å². The van der Waals surface area contributed by atoms with Crippen LogP contribution in [0.3, 0.4) is 0 Å². The molecular weight excluding hydrogens is 469 g/mol. The minimum atomic E-state index is 0.0337. The lowest BCUT2D eigenvalue weighted by Crippen LogP contribution is -2.20. The van der Waals surface area contributed by atoms with Crippen molar-refractivity contribution in [2.45, 2.75) is 20.1 Å². The van der Waals surface area contributed by atoms with E-state index in [1.807, 2.05) is 25.1 Å². The molecule has 0 aliphatic carbocycles. The number of nitrogens with one attached hydrogen (secondary N) is 1. The van der Waals surface area contributed by atoms with E-state index in [0.717, 1.165) is 15.6 Å². The maximum Gasteiger partial charge on any atom is 0.162 e. The monoisotopic (exact) mass is 491 g/mol. The lowest BCUT2D eigenvalue weighted by Gasteiger charge is -2.16. The fraction of sp³-hybridized carbons (Fsp3) is 0.400. The van der Waals surface area contributed by atoms with Crippen molar-refractivity contribution in [3.05, 3.63) is 56.0 Å². The number of rotatable bonds is 12. The zero-order valence-corrected chi connectivity index (χ0v) is 18.7. The van der Waals surface area contributed by atoms with Crippen LogP contribution in [-0.2, 0) is 17.9 Å².